The Kier molecular flexibility index (Phi) is 5.25. The van der Waals surface area contributed by atoms with E-state index in [9.17, 15) is 9.59 Å². The van der Waals surface area contributed by atoms with Crippen LogP contribution in [0.5, 0.6) is 5.75 Å². The highest BCUT2D eigenvalue weighted by atomic mass is 32.1. The Bertz CT molecular complexity index is 919. The van der Waals surface area contributed by atoms with E-state index in [2.05, 4.69) is 10.3 Å². The number of thiophene rings is 1. The van der Waals surface area contributed by atoms with E-state index in [1.165, 1.54) is 28.3 Å². The van der Waals surface area contributed by atoms with Crippen LogP contribution in [0, 0.1) is 0 Å². The molecular weight excluding hydrogens is 338 g/mol. The minimum absolute atomic E-state index is 0.0777. The lowest BCUT2D eigenvalue weighted by Gasteiger charge is -2.10. The molecule has 0 radical (unpaired) electrons. The topological polar surface area (TPSA) is 73.2 Å². The van der Waals surface area contributed by atoms with Crippen LogP contribution in [0.3, 0.4) is 0 Å². The highest BCUT2D eigenvalue weighted by molar-refractivity contribution is 7.13. The highest BCUT2D eigenvalue weighted by Crippen LogP contribution is 2.20. The highest BCUT2D eigenvalue weighted by Gasteiger charge is 2.09. The largest absolute Gasteiger partial charge is 0.496 e. The third-order valence-corrected chi connectivity index (χ3v) is 4.53. The molecule has 3 rings (SSSR count). The van der Waals surface area contributed by atoms with Crippen LogP contribution in [0.1, 0.15) is 5.56 Å². The third kappa shape index (κ3) is 4.13. The van der Waals surface area contributed by atoms with Crippen LogP contribution in [-0.2, 0) is 17.9 Å². The van der Waals surface area contributed by atoms with Crippen molar-refractivity contribution in [1.29, 1.82) is 0 Å². The summed E-state index contributed by atoms with van der Waals surface area (Å²) < 4.78 is 6.53. The number of hydrogen-bond donors (Lipinski definition) is 1. The van der Waals surface area contributed by atoms with E-state index in [1.807, 2.05) is 41.8 Å². The molecule has 0 unspecified atom stereocenters. The van der Waals surface area contributed by atoms with Gasteiger partial charge in [0.1, 0.15) is 12.3 Å². The van der Waals surface area contributed by atoms with E-state index in [1.54, 1.807) is 7.11 Å². The van der Waals surface area contributed by atoms with Gasteiger partial charge in [-0.25, -0.2) is 4.98 Å². The lowest BCUT2D eigenvalue weighted by Crippen LogP contribution is -2.32. The fourth-order valence-electron chi connectivity index (χ4n) is 2.36. The van der Waals surface area contributed by atoms with Crippen molar-refractivity contribution >= 4 is 17.2 Å². The van der Waals surface area contributed by atoms with Crippen molar-refractivity contribution in [2.75, 3.05) is 7.11 Å². The molecule has 0 atom stereocenters. The molecule has 0 aliphatic heterocycles. The Labute approximate surface area is 148 Å². The monoisotopic (exact) mass is 355 g/mol. The van der Waals surface area contributed by atoms with Gasteiger partial charge < -0.3 is 10.1 Å². The Balaban J connectivity index is 1.64. The molecule has 0 saturated carbocycles. The summed E-state index contributed by atoms with van der Waals surface area (Å²) in [6, 6.07) is 12.7. The van der Waals surface area contributed by atoms with Crippen LogP contribution in [0.25, 0.3) is 10.6 Å². The summed E-state index contributed by atoms with van der Waals surface area (Å²) in [6.45, 7) is 0.254. The van der Waals surface area contributed by atoms with Gasteiger partial charge in [0.05, 0.1) is 24.0 Å². The number of carbonyl (C=O) groups excluding carboxylic acids is 1. The summed E-state index contributed by atoms with van der Waals surface area (Å²) in [7, 11) is 1.58. The minimum atomic E-state index is -0.265. The third-order valence-electron chi connectivity index (χ3n) is 3.64. The maximum atomic E-state index is 12.2. The zero-order valence-corrected chi connectivity index (χ0v) is 14.5. The molecule has 7 heteroatoms. The number of nitrogens with one attached hydrogen (secondary N) is 1. The molecule has 1 aromatic carbocycles. The maximum absolute atomic E-state index is 12.2. The predicted molar refractivity (Wildman–Crippen MR) is 96.7 cm³/mol. The number of rotatable bonds is 6. The summed E-state index contributed by atoms with van der Waals surface area (Å²) >= 11 is 1.51. The summed E-state index contributed by atoms with van der Waals surface area (Å²) in [5.41, 5.74) is 1.23. The molecule has 2 heterocycles. The van der Waals surface area contributed by atoms with Gasteiger partial charge in [-0.2, -0.15) is 0 Å². The van der Waals surface area contributed by atoms with Crippen LogP contribution in [0.2, 0.25) is 0 Å². The van der Waals surface area contributed by atoms with Crippen molar-refractivity contribution in [2.24, 2.45) is 0 Å². The lowest BCUT2D eigenvalue weighted by molar-refractivity contribution is -0.121. The fourth-order valence-corrected chi connectivity index (χ4v) is 3.05. The number of nitrogens with zero attached hydrogens (tertiary/aromatic N) is 2. The molecule has 128 valence electrons. The Hall–Kier alpha value is -2.93. The first-order valence-corrected chi connectivity index (χ1v) is 8.54. The van der Waals surface area contributed by atoms with Gasteiger partial charge in [-0.05, 0) is 17.5 Å². The molecule has 6 nitrogen and oxygen atoms in total. The smallest absolute Gasteiger partial charge is 0.254 e. The van der Waals surface area contributed by atoms with Crippen molar-refractivity contribution in [3.63, 3.8) is 0 Å². The average Bonchev–Trinajstić information content (AvgIpc) is 3.16. The Morgan fingerprint density at radius 3 is 2.84 bits per heavy atom. The molecular formula is C18H17N3O3S. The number of amides is 1. The number of carbonyl (C=O) groups is 1. The van der Waals surface area contributed by atoms with Crippen molar-refractivity contribution in [1.82, 2.24) is 14.9 Å². The number of para-hydroxylation sites is 1. The van der Waals surface area contributed by atoms with Crippen molar-refractivity contribution < 1.29 is 9.53 Å². The van der Waals surface area contributed by atoms with Gasteiger partial charge in [0.2, 0.25) is 5.91 Å². The first kappa shape index (κ1) is 16.9. The number of benzene rings is 1. The zero-order valence-electron chi connectivity index (χ0n) is 13.6. The van der Waals surface area contributed by atoms with E-state index < -0.39 is 0 Å². The number of aromatic nitrogens is 2. The Morgan fingerprint density at radius 1 is 1.28 bits per heavy atom. The molecule has 0 spiro atoms. The normalized spacial score (nSPS) is 10.4. The van der Waals surface area contributed by atoms with E-state index in [0.29, 0.717) is 18.0 Å². The average molecular weight is 355 g/mol. The first-order valence-electron chi connectivity index (χ1n) is 7.66. The molecule has 1 amide bonds. The molecule has 0 fully saturated rings. The molecule has 1 N–H and O–H groups in total. The molecule has 0 saturated heterocycles. The molecule has 0 aliphatic carbocycles. The van der Waals surface area contributed by atoms with Crippen LogP contribution in [0.4, 0.5) is 0 Å². The van der Waals surface area contributed by atoms with Gasteiger partial charge in [-0.15, -0.1) is 11.3 Å². The van der Waals surface area contributed by atoms with Gasteiger partial charge in [0.15, 0.2) is 0 Å². The van der Waals surface area contributed by atoms with E-state index in [0.717, 1.165) is 10.4 Å². The number of methoxy groups -OCH3 is 1. The molecule has 25 heavy (non-hydrogen) atoms. The predicted octanol–water partition coefficient (Wildman–Crippen LogP) is 2.30. The van der Waals surface area contributed by atoms with Crippen molar-refractivity contribution in [3.8, 4) is 16.3 Å². The maximum Gasteiger partial charge on any atom is 0.254 e. The number of hydrogen-bond acceptors (Lipinski definition) is 5. The first-order chi connectivity index (χ1) is 12.2. The lowest BCUT2D eigenvalue weighted by atomic mass is 10.2. The molecule has 0 aliphatic rings. The Morgan fingerprint density at radius 2 is 2.12 bits per heavy atom. The standard InChI is InChI=1S/C18H17N3O3S/c1-24-15-6-3-2-5-13(15)10-19-17(22)11-21-12-20-14(9-18(21)23)16-7-4-8-25-16/h2-9,12H,10-11H2,1H3,(H,19,22). The number of ether oxygens (including phenoxy) is 1. The van der Waals surface area contributed by atoms with Crippen LogP contribution < -0.4 is 15.6 Å². The van der Waals surface area contributed by atoms with Crippen LogP contribution in [0.15, 0.2) is 59.0 Å². The van der Waals surface area contributed by atoms with Gasteiger partial charge in [0.25, 0.3) is 5.56 Å². The summed E-state index contributed by atoms with van der Waals surface area (Å²) in [6.07, 6.45) is 1.40. The second-order valence-electron chi connectivity index (χ2n) is 5.31. The van der Waals surface area contributed by atoms with E-state index >= 15 is 0 Å². The van der Waals surface area contributed by atoms with Crippen molar-refractivity contribution in [2.45, 2.75) is 13.1 Å². The second-order valence-corrected chi connectivity index (χ2v) is 6.25. The minimum Gasteiger partial charge on any atom is -0.496 e. The molecule has 0 bridgehead atoms. The quantitative estimate of drug-likeness (QED) is 0.736. The van der Waals surface area contributed by atoms with Crippen LogP contribution >= 0.6 is 11.3 Å². The summed E-state index contributed by atoms with van der Waals surface area (Å²) in [5.74, 6) is 0.445. The van der Waals surface area contributed by atoms with Gasteiger partial charge in [-0.1, -0.05) is 24.3 Å². The van der Waals surface area contributed by atoms with Gasteiger partial charge in [0, 0.05) is 18.2 Å². The fraction of sp³-hybridized carbons (Fsp3) is 0.167. The van der Waals surface area contributed by atoms with Gasteiger partial charge >= 0.3 is 0 Å². The van der Waals surface area contributed by atoms with Crippen molar-refractivity contribution in [3.05, 3.63) is 70.1 Å². The second kappa shape index (κ2) is 7.76. The summed E-state index contributed by atoms with van der Waals surface area (Å²) in [4.78, 5) is 29.5. The summed E-state index contributed by atoms with van der Waals surface area (Å²) in [5, 5.41) is 4.71. The van der Waals surface area contributed by atoms with E-state index in [4.69, 9.17) is 4.74 Å². The zero-order chi connectivity index (χ0) is 17.6. The van der Waals surface area contributed by atoms with Gasteiger partial charge in [-0.3, -0.25) is 14.2 Å². The van der Waals surface area contributed by atoms with E-state index in [-0.39, 0.29) is 18.0 Å². The van der Waals surface area contributed by atoms with Crippen LogP contribution in [-0.4, -0.2) is 22.6 Å². The SMILES string of the molecule is COc1ccccc1CNC(=O)Cn1cnc(-c2cccs2)cc1=O. The molecule has 3 aromatic rings. The molecule has 2 aromatic heterocycles.